The Balaban J connectivity index is 1.56. The highest BCUT2D eigenvalue weighted by molar-refractivity contribution is 5.43. The van der Waals surface area contributed by atoms with Gasteiger partial charge >= 0.3 is 0 Å². The molecule has 2 aliphatic rings. The van der Waals surface area contributed by atoms with Gasteiger partial charge in [-0.3, -0.25) is 0 Å². The summed E-state index contributed by atoms with van der Waals surface area (Å²) in [5, 5.41) is 31.1. The Kier molecular flexibility index (Phi) is 10.3. The Morgan fingerprint density at radius 3 is 2.72 bits per heavy atom. The number of aliphatic hydroxyl groups excluding tert-OH is 3. The standard InChI is InChI=1S/C26H42O6/c1-3-4-5-8-20(27)10-11-21-22-14-18-7-6-9-25(23(18)15-19(22)16-24(21)28)32-17-26(29)31-13-12-30-2/h6-7,9,19-22,24,26-29H,3-5,8,10-17H2,1-2H3/t19-,20+,21+,22-,24+,26?/m0/s1. The highest BCUT2D eigenvalue weighted by atomic mass is 16.6. The van der Waals surface area contributed by atoms with Gasteiger partial charge in [-0.15, -0.1) is 0 Å². The van der Waals surface area contributed by atoms with Gasteiger partial charge in [0.15, 0.2) is 6.29 Å². The van der Waals surface area contributed by atoms with Gasteiger partial charge in [-0.2, -0.15) is 0 Å². The molecule has 0 heterocycles. The summed E-state index contributed by atoms with van der Waals surface area (Å²) in [6.45, 7) is 3.01. The van der Waals surface area contributed by atoms with Crippen LogP contribution in [0.5, 0.6) is 5.75 Å². The summed E-state index contributed by atoms with van der Waals surface area (Å²) in [5.41, 5.74) is 2.48. The first kappa shape index (κ1) is 25.4. The zero-order valence-electron chi connectivity index (χ0n) is 19.7. The monoisotopic (exact) mass is 450 g/mol. The van der Waals surface area contributed by atoms with Crippen LogP contribution in [-0.2, 0) is 22.3 Å². The third kappa shape index (κ3) is 6.91. The number of ether oxygens (including phenoxy) is 3. The quantitative estimate of drug-likeness (QED) is 0.297. The van der Waals surface area contributed by atoms with Gasteiger partial charge in [-0.05, 0) is 73.5 Å². The van der Waals surface area contributed by atoms with E-state index in [9.17, 15) is 15.3 Å². The molecule has 182 valence electrons. The summed E-state index contributed by atoms with van der Waals surface area (Å²) >= 11 is 0. The molecule has 6 heteroatoms. The van der Waals surface area contributed by atoms with E-state index in [0.717, 1.165) is 50.7 Å². The molecule has 0 amide bonds. The van der Waals surface area contributed by atoms with E-state index in [1.54, 1.807) is 7.11 Å². The van der Waals surface area contributed by atoms with Crippen LogP contribution >= 0.6 is 0 Å². The van der Waals surface area contributed by atoms with Gasteiger partial charge < -0.3 is 29.5 Å². The maximum absolute atomic E-state index is 10.8. The molecule has 0 aromatic heterocycles. The summed E-state index contributed by atoms with van der Waals surface area (Å²) in [6.07, 6.45) is 7.10. The summed E-state index contributed by atoms with van der Waals surface area (Å²) in [7, 11) is 1.59. The van der Waals surface area contributed by atoms with Crippen molar-refractivity contribution in [3.05, 3.63) is 29.3 Å². The highest BCUT2D eigenvalue weighted by Gasteiger charge is 2.44. The van der Waals surface area contributed by atoms with Crippen molar-refractivity contribution in [3.63, 3.8) is 0 Å². The average Bonchev–Trinajstić information content (AvgIpc) is 3.09. The van der Waals surface area contributed by atoms with E-state index in [2.05, 4.69) is 13.0 Å². The second-order valence-corrected chi connectivity index (χ2v) is 9.55. The van der Waals surface area contributed by atoms with Crippen LogP contribution in [0.15, 0.2) is 18.2 Å². The molecule has 1 unspecified atom stereocenters. The molecule has 0 aliphatic heterocycles. The van der Waals surface area contributed by atoms with Crippen LogP contribution in [-0.4, -0.2) is 60.7 Å². The molecule has 0 saturated heterocycles. The fourth-order valence-corrected chi connectivity index (χ4v) is 5.58. The first-order valence-electron chi connectivity index (χ1n) is 12.4. The van der Waals surface area contributed by atoms with Gasteiger partial charge in [-0.1, -0.05) is 38.3 Å². The molecular weight excluding hydrogens is 408 g/mol. The SMILES string of the molecule is CCCCC[C@@H](O)CC[C@@H]1[C@H]2Cc3cccc(OCC(O)OCCOC)c3C[C@H]2C[C@H]1O. The van der Waals surface area contributed by atoms with Crippen LogP contribution in [0.4, 0.5) is 0 Å². The molecule has 0 bridgehead atoms. The molecule has 0 radical (unpaired) electrons. The lowest BCUT2D eigenvalue weighted by molar-refractivity contribution is -0.127. The minimum absolute atomic E-state index is 0.0788. The minimum Gasteiger partial charge on any atom is -0.488 e. The molecule has 32 heavy (non-hydrogen) atoms. The fraction of sp³-hybridized carbons (Fsp3) is 0.769. The Morgan fingerprint density at radius 2 is 1.94 bits per heavy atom. The van der Waals surface area contributed by atoms with Gasteiger partial charge in [0, 0.05) is 7.11 Å². The third-order valence-corrected chi connectivity index (χ3v) is 7.30. The van der Waals surface area contributed by atoms with E-state index in [-0.39, 0.29) is 24.7 Å². The number of hydrogen-bond acceptors (Lipinski definition) is 6. The van der Waals surface area contributed by atoms with Gasteiger partial charge in [0.05, 0.1) is 25.4 Å². The molecule has 3 N–H and O–H groups in total. The van der Waals surface area contributed by atoms with Crippen LogP contribution < -0.4 is 4.74 Å². The normalized spacial score (nSPS) is 26.4. The number of rotatable bonds is 14. The van der Waals surface area contributed by atoms with Crippen LogP contribution in [0.3, 0.4) is 0 Å². The van der Waals surface area contributed by atoms with E-state index < -0.39 is 6.29 Å². The maximum Gasteiger partial charge on any atom is 0.189 e. The van der Waals surface area contributed by atoms with Crippen molar-refractivity contribution in [2.45, 2.75) is 83.2 Å². The van der Waals surface area contributed by atoms with Crippen molar-refractivity contribution < 1.29 is 29.5 Å². The van der Waals surface area contributed by atoms with Crippen molar-refractivity contribution in [3.8, 4) is 5.75 Å². The summed E-state index contributed by atoms with van der Waals surface area (Å²) in [6, 6.07) is 6.12. The van der Waals surface area contributed by atoms with Crippen LogP contribution in [0, 0.1) is 17.8 Å². The molecule has 3 rings (SSSR count). The van der Waals surface area contributed by atoms with Crippen LogP contribution in [0.25, 0.3) is 0 Å². The Labute approximate surface area is 192 Å². The van der Waals surface area contributed by atoms with E-state index >= 15 is 0 Å². The second kappa shape index (κ2) is 12.9. The third-order valence-electron chi connectivity index (χ3n) is 7.30. The molecule has 2 aliphatic carbocycles. The molecule has 6 atom stereocenters. The van der Waals surface area contributed by atoms with E-state index in [1.807, 2.05) is 12.1 Å². The van der Waals surface area contributed by atoms with Crippen molar-refractivity contribution in [1.82, 2.24) is 0 Å². The summed E-state index contributed by atoms with van der Waals surface area (Å²) in [4.78, 5) is 0. The van der Waals surface area contributed by atoms with Crippen molar-refractivity contribution in [2.24, 2.45) is 17.8 Å². The zero-order chi connectivity index (χ0) is 22.9. The number of unbranched alkanes of at least 4 members (excludes halogenated alkanes) is 2. The number of hydrogen-bond donors (Lipinski definition) is 3. The smallest absolute Gasteiger partial charge is 0.189 e. The predicted molar refractivity (Wildman–Crippen MR) is 124 cm³/mol. The average molecular weight is 451 g/mol. The van der Waals surface area contributed by atoms with Crippen LogP contribution in [0.1, 0.15) is 63.0 Å². The first-order chi connectivity index (χ1) is 15.5. The number of benzene rings is 1. The minimum atomic E-state index is -0.987. The molecule has 1 aromatic rings. The predicted octanol–water partition coefficient (Wildman–Crippen LogP) is 3.48. The van der Waals surface area contributed by atoms with Gasteiger partial charge in [0.25, 0.3) is 0 Å². The molecule has 1 fully saturated rings. The van der Waals surface area contributed by atoms with Gasteiger partial charge in [0.1, 0.15) is 12.4 Å². The van der Waals surface area contributed by atoms with Crippen LogP contribution in [0.2, 0.25) is 0 Å². The Morgan fingerprint density at radius 1 is 1.09 bits per heavy atom. The zero-order valence-corrected chi connectivity index (χ0v) is 19.7. The Hall–Kier alpha value is -1.18. The maximum atomic E-state index is 10.8. The lowest BCUT2D eigenvalue weighted by Gasteiger charge is -2.32. The summed E-state index contributed by atoms with van der Waals surface area (Å²) in [5.74, 6) is 1.96. The largest absolute Gasteiger partial charge is 0.488 e. The lowest BCUT2D eigenvalue weighted by Crippen LogP contribution is -2.28. The molecule has 0 spiro atoms. The lowest BCUT2D eigenvalue weighted by atomic mass is 9.73. The van der Waals surface area contributed by atoms with Crippen molar-refractivity contribution in [1.29, 1.82) is 0 Å². The first-order valence-corrected chi connectivity index (χ1v) is 12.4. The number of fused-ring (bicyclic) bond motifs is 2. The highest BCUT2D eigenvalue weighted by Crippen LogP contribution is 2.48. The van der Waals surface area contributed by atoms with E-state index in [0.29, 0.717) is 25.0 Å². The summed E-state index contributed by atoms with van der Waals surface area (Å²) < 4.78 is 16.1. The fourth-order valence-electron chi connectivity index (χ4n) is 5.58. The number of aliphatic hydroxyl groups is 3. The molecule has 1 saturated carbocycles. The molecular formula is C26H42O6. The molecule has 1 aromatic carbocycles. The number of methoxy groups -OCH3 is 1. The van der Waals surface area contributed by atoms with E-state index in [4.69, 9.17) is 14.2 Å². The Bertz CT molecular complexity index is 680. The topological polar surface area (TPSA) is 88.4 Å². The molecule has 6 nitrogen and oxygen atoms in total. The van der Waals surface area contributed by atoms with E-state index in [1.165, 1.54) is 24.0 Å². The van der Waals surface area contributed by atoms with Crippen molar-refractivity contribution >= 4 is 0 Å². The second-order valence-electron chi connectivity index (χ2n) is 9.55. The van der Waals surface area contributed by atoms with Gasteiger partial charge in [0.2, 0.25) is 0 Å². The van der Waals surface area contributed by atoms with Gasteiger partial charge in [-0.25, -0.2) is 0 Å². The van der Waals surface area contributed by atoms with Crippen molar-refractivity contribution in [2.75, 3.05) is 26.9 Å².